The van der Waals surface area contributed by atoms with Crippen molar-refractivity contribution in [3.05, 3.63) is 82.4 Å². The summed E-state index contributed by atoms with van der Waals surface area (Å²) in [6.45, 7) is 8.97. The van der Waals surface area contributed by atoms with Crippen molar-refractivity contribution in [1.29, 1.82) is 0 Å². The van der Waals surface area contributed by atoms with Crippen LogP contribution in [0.2, 0.25) is 0 Å². The van der Waals surface area contributed by atoms with Crippen LogP contribution in [0.5, 0.6) is 11.5 Å². The van der Waals surface area contributed by atoms with Gasteiger partial charge in [-0.3, -0.25) is 4.79 Å². The first-order chi connectivity index (χ1) is 16.2. The van der Waals surface area contributed by atoms with E-state index in [1.807, 2.05) is 45.9 Å². The summed E-state index contributed by atoms with van der Waals surface area (Å²) < 4.78 is 6.06. The number of rotatable bonds is 10. The van der Waals surface area contributed by atoms with Gasteiger partial charge in [-0.25, -0.2) is 0 Å². The first-order valence-electron chi connectivity index (χ1n) is 11.4. The zero-order chi connectivity index (χ0) is 24.8. The molecule has 3 rings (SSSR count). The quantitative estimate of drug-likeness (QED) is 0.325. The Kier molecular flexibility index (Phi) is 8.31. The van der Waals surface area contributed by atoms with Crippen LogP contribution in [0, 0.1) is 20.8 Å². The first kappa shape index (κ1) is 25.3. The van der Waals surface area contributed by atoms with Crippen molar-refractivity contribution in [2.45, 2.75) is 46.3 Å². The molecule has 0 aliphatic heterocycles. The number of carbonyl (C=O) groups is 1. The lowest BCUT2D eigenvalue weighted by Gasteiger charge is -2.21. The summed E-state index contributed by atoms with van der Waals surface area (Å²) >= 11 is 0. The fourth-order valence-electron chi connectivity index (χ4n) is 4.18. The molecular weight excluding hydrogens is 430 g/mol. The van der Waals surface area contributed by atoms with E-state index in [0.29, 0.717) is 13.2 Å². The van der Waals surface area contributed by atoms with E-state index in [2.05, 4.69) is 17.4 Å². The summed E-state index contributed by atoms with van der Waals surface area (Å²) in [4.78, 5) is 11.0. The minimum Gasteiger partial charge on any atom is -0.508 e. The van der Waals surface area contributed by atoms with E-state index in [1.165, 1.54) is 0 Å². The molecule has 0 aromatic heterocycles. The van der Waals surface area contributed by atoms with E-state index in [-0.39, 0.29) is 18.2 Å². The molecule has 34 heavy (non-hydrogen) atoms. The minimum atomic E-state index is -0.834. The highest BCUT2D eigenvalue weighted by molar-refractivity contribution is 5.73. The largest absolute Gasteiger partial charge is 0.508 e. The van der Waals surface area contributed by atoms with E-state index in [4.69, 9.17) is 9.84 Å². The molecule has 4 N–H and O–H groups in total. The molecule has 0 aliphatic carbocycles. The number of ether oxygens (including phenoxy) is 1. The van der Waals surface area contributed by atoms with Crippen LogP contribution in [0.1, 0.15) is 40.8 Å². The third-order valence-electron chi connectivity index (χ3n) is 5.94. The van der Waals surface area contributed by atoms with Crippen molar-refractivity contribution in [2.24, 2.45) is 0 Å². The van der Waals surface area contributed by atoms with E-state index in [9.17, 15) is 15.0 Å². The number of aliphatic carboxylic acids is 1. The van der Waals surface area contributed by atoms with Crippen LogP contribution in [0.15, 0.2) is 54.6 Å². The second kappa shape index (κ2) is 11.2. The molecule has 0 spiro atoms. The van der Waals surface area contributed by atoms with Gasteiger partial charge in [-0.1, -0.05) is 30.3 Å². The van der Waals surface area contributed by atoms with Gasteiger partial charge in [0.15, 0.2) is 0 Å². The number of hydrogen-bond acceptors (Lipinski definition) is 5. The minimum absolute atomic E-state index is 0.0184. The summed E-state index contributed by atoms with van der Waals surface area (Å²) in [6, 6.07) is 16.3. The molecule has 0 saturated carbocycles. The maximum absolute atomic E-state index is 11.0. The van der Waals surface area contributed by atoms with Crippen LogP contribution in [0.4, 0.5) is 0 Å². The number of aryl methyl sites for hydroxylation is 3. The molecule has 6 nitrogen and oxygen atoms in total. The molecule has 0 bridgehead atoms. The normalized spacial score (nSPS) is 12.9. The van der Waals surface area contributed by atoms with Gasteiger partial charge >= 0.3 is 5.97 Å². The number of aliphatic hydroxyl groups is 1. The first-order valence-corrected chi connectivity index (χ1v) is 11.4. The van der Waals surface area contributed by atoms with Crippen LogP contribution < -0.4 is 10.1 Å². The lowest BCUT2D eigenvalue weighted by atomic mass is 9.94. The fraction of sp³-hybridized carbons (Fsp3) is 0.321. The smallest absolute Gasteiger partial charge is 0.307 e. The van der Waals surface area contributed by atoms with Crippen molar-refractivity contribution in [1.82, 2.24) is 5.32 Å². The molecule has 0 unspecified atom stereocenters. The molecule has 6 heteroatoms. The van der Waals surface area contributed by atoms with Crippen LogP contribution in [0.25, 0.3) is 11.1 Å². The summed E-state index contributed by atoms with van der Waals surface area (Å²) in [5.74, 6) is 0.184. The molecular formula is C28H33NO5. The van der Waals surface area contributed by atoms with Gasteiger partial charge in [0.2, 0.25) is 0 Å². The molecule has 0 fully saturated rings. The molecule has 0 heterocycles. The standard InChI is InChI=1S/C28H33NO5/c1-17-13-21(16-26(31)32)5-10-25(17)23-14-18(2)28(19(3)15-23)34-12-11-29-20(4)27(33)22-6-8-24(30)9-7-22/h5-10,13-15,20,27,29-30,33H,11-12,16H2,1-4H3,(H,31,32)/t20-,27-/m0/s1. The van der Waals surface area contributed by atoms with Crippen molar-refractivity contribution in [3.63, 3.8) is 0 Å². The monoisotopic (exact) mass is 463 g/mol. The number of hydrogen-bond donors (Lipinski definition) is 4. The second-order valence-corrected chi connectivity index (χ2v) is 8.79. The topological polar surface area (TPSA) is 99.0 Å². The number of carboxylic acids is 1. The zero-order valence-corrected chi connectivity index (χ0v) is 20.1. The lowest BCUT2D eigenvalue weighted by Crippen LogP contribution is -2.35. The van der Waals surface area contributed by atoms with Gasteiger partial charge in [-0.05, 0) is 90.9 Å². The van der Waals surface area contributed by atoms with Gasteiger partial charge in [0.1, 0.15) is 18.1 Å². The summed E-state index contributed by atoms with van der Waals surface area (Å²) in [5, 5.41) is 32.2. The molecule has 3 aromatic rings. The summed E-state index contributed by atoms with van der Waals surface area (Å²) in [7, 11) is 0. The maximum Gasteiger partial charge on any atom is 0.307 e. The Morgan fingerprint density at radius 1 is 0.971 bits per heavy atom. The molecule has 0 amide bonds. The predicted molar refractivity (Wildman–Crippen MR) is 133 cm³/mol. The van der Waals surface area contributed by atoms with E-state index in [1.54, 1.807) is 24.3 Å². The number of benzene rings is 3. The van der Waals surface area contributed by atoms with E-state index in [0.717, 1.165) is 44.7 Å². The number of aromatic hydroxyl groups is 1. The Balaban J connectivity index is 1.60. The average molecular weight is 464 g/mol. The fourth-order valence-corrected chi connectivity index (χ4v) is 4.18. The van der Waals surface area contributed by atoms with Gasteiger partial charge < -0.3 is 25.4 Å². The predicted octanol–water partition coefficient (Wildman–Crippen LogP) is 4.70. The van der Waals surface area contributed by atoms with Crippen molar-refractivity contribution < 1.29 is 24.9 Å². The number of aliphatic hydroxyl groups excluding tert-OH is 1. The van der Waals surface area contributed by atoms with Crippen molar-refractivity contribution >= 4 is 5.97 Å². The third kappa shape index (κ3) is 6.37. The van der Waals surface area contributed by atoms with Gasteiger partial charge in [-0.2, -0.15) is 0 Å². The number of carboxylic acid groups (broad SMARTS) is 1. The van der Waals surface area contributed by atoms with Crippen LogP contribution in [-0.2, 0) is 11.2 Å². The molecule has 0 radical (unpaired) electrons. The molecule has 2 atom stereocenters. The number of nitrogens with one attached hydrogen (secondary N) is 1. The van der Waals surface area contributed by atoms with Crippen molar-refractivity contribution in [2.75, 3.05) is 13.2 Å². The van der Waals surface area contributed by atoms with Crippen LogP contribution in [0.3, 0.4) is 0 Å². The highest BCUT2D eigenvalue weighted by Gasteiger charge is 2.16. The molecule has 0 aliphatic rings. The number of phenols is 1. The van der Waals surface area contributed by atoms with Gasteiger partial charge in [0.25, 0.3) is 0 Å². The zero-order valence-electron chi connectivity index (χ0n) is 20.1. The summed E-state index contributed by atoms with van der Waals surface area (Å²) in [6.07, 6.45) is -0.668. The highest BCUT2D eigenvalue weighted by Crippen LogP contribution is 2.32. The average Bonchev–Trinajstić information content (AvgIpc) is 2.77. The Hall–Kier alpha value is -3.35. The Bertz CT molecular complexity index is 1120. The second-order valence-electron chi connectivity index (χ2n) is 8.79. The van der Waals surface area contributed by atoms with Crippen LogP contribution >= 0.6 is 0 Å². The highest BCUT2D eigenvalue weighted by atomic mass is 16.5. The van der Waals surface area contributed by atoms with E-state index < -0.39 is 12.1 Å². The van der Waals surface area contributed by atoms with Gasteiger partial charge in [0.05, 0.1) is 12.5 Å². The molecule has 180 valence electrons. The Morgan fingerprint density at radius 3 is 2.21 bits per heavy atom. The van der Waals surface area contributed by atoms with Crippen molar-refractivity contribution in [3.8, 4) is 22.6 Å². The maximum atomic E-state index is 11.0. The van der Waals surface area contributed by atoms with Crippen LogP contribution in [-0.4, -0.2) is 40.5 Å². The Labute approximate surface area is 200 Å². The van der Waals surface area contributed by atoms with Gasteiger partial charge in [0, 0.05) is 12.6 Å². The molecule has 0 saturated heterocycles. The lowest BCUT2D eigenvalue weighted by molar-refractivity contribution is -0.136. The SMILES string of the molecule is Cc1cc(CC(=O)O)ccc1-c1cc(C)c(OCCN[C@@H](C)[C@H](O)c2ccc(O)cc2)c(C)c1. The molecule has 3 aromatic carbocycles. The van der Waals surface area contributed by atoms with E-state index >= 15 is 0 Å². The van der Waals surface area contributed by atoms with Gasteiger partial charge in [-0.15, -0.1) is 0 Å². The number of phenolic OH excluding ortho intramolecular Hbond substituents is 1. The summed E-state index contributed by atoms with van der Waals surface area (Å²) in [5.41, 5.74) is 6.78. The third-order valence-corrected chi connectivity index (χ3v) is 5.94. The Morgan fingerprint density at radius 2 is 1.62 bits per heavy atom.